The van der Waals surface area contributed by atoms with E-state index >= 15 is 0 Å². The average Bonchev–Trinajstić information content (AvgIpc) is 2.50. The lowest BCUT2D eigenvalue weighted by atomic mass is 10.1. The van der Waals surface area contributed by atoms with Crippen molar-refractivity contribution >= 4 is 38.4 Å². The Bertz CT molecular complexity index is 830. The molecule has 0 atom stereocenters. The predicted octanol–water partition coefficient (Wildman–Crippen LogP) is 4.56. The standard InChI is InChI=1S/C17H13BrN2O/c1-11-4-5-13(10-15(11)18)17(21)20-14-6-7-16-12(9-14)3-2-8-19-16/h2-10H,1H3,(H,20,21). The summed E-state index contributed by atoms with van der Waals surface area (Å²) in [7, 11) is 0. The van der Waals surface area contributed by atoms with Gasteiger partial charge in [-0.3, -0.25) is 9.78 Å². The molecule has 0 saturated carbocycles. The Morgan fingerprint density at radius 1 is 1.14 bits per heavy atom. The van der Waals surface area contributed by atoms with Gasteiger partial charge in [-0.25, -0.2) is 0 Å². The summed E-state index contributed by atoms with van der Waals surface area (Å²) in [5, 5.41) is 3.91. The molecular formula is C17H13BrN2O. The summed E-state index contributed by atoms with van der Waals surface area (Å²) in [6.07, 6.45) is 1.75. The highest BCUT2D eigenvalue weighted by Crippen LogP contribution is 2.20. The van der Waals surface area contributed by atoms with Crippen molar-refractivity contribution in [3.8, 4) is 0 Å². The van der Waals surface area contributed by atoms with Crippen molar-refractivity contribution in [2.75, 3.05) is 5.32 Å². The molecule has 0 aliphatic carbocycles. The summed E-state index contributed by atoms with van der Waals surface area (Å²) < 4.78 is 0.929. The lowest BCUT2D eigenvalue weighted by Gasteiger charge is -2.07. The topological polar surface area (TPSA) is 42.0 Å². The van der Waals surface area contributed by atoms with Gasteiger partial charge in [0.25, 0.3) is 5.91 Å². The van der Waals surface area contributed by atoms with Crippen LogP contribution in [0.3, 0.4) is 0 Å². The van der Waals surface area contributed by atoms with E-state index in [1.165, 1.54) is 0 Å². The summed E-state index contributed by atoms with van der Waals surface area (Å²) in [5.41, 5.74) is 3.40. The van der Waals surface area contributed by atoms with Crippen LogP contribution >= 0.6 is 15.9 Å². The minimum absolute atomic E-state index is 0.126. The maximum atomic E-state index is 12.3. The number of anilines is 1. The number of aromatic nitrogens is 1. The van der Waals surface area contributed by atoms with Crippen molar-refractivity contribution in [2.45, 2.75) is 6.92 Å². The quantitative estimate of drug-likeness (QED) is 0.743. The van der Waals surface area contributed by atoms with Gasteiger partial charge >= 0.3 is 0 Å². The summed E-state index contributed by atoms with van der Waals surface area (Å²) in [6.45, 7) is 1.99. The van der Waals surface area contributed by atoms with E-state index in [0.29, 0.717) is 5.56 Å². The minimum Gasteiger partial charge on any atom is -0.322 e. The molecule has 1 aromatic heterocycles. The molecule has 0 saturated heterocycles. The molecule has 0 aliphatic heterocycles. The number of carbonyl (C=O) groups is 1. The lowest BCUT2D eigenvalue weighted by Crippen LogP contribution is -2.11. The summed E-state index contributed by atoms with van der Waals surface area (Å²) in [5.74, 6) is -0.126. The minimum atomic E-state index is -0.126. The second kappa shape index (κ2) is 5.66. The molecule has 1 amide bonds. The molecule has 1 N–H and O–H groups in total. The zero-order valence-corrected chi connectivity index (χ0v) is 13.0. The molecule has 3 nitrogen and oxygen atoms in total. The van der Waals surface area contributed by atoms with Crippen LogP contribution in [0.5, 0.6) is 0 Å². The Balaban J connectivity index is 1.87. The van der Waals surface area contributed by atoms with E-state index in [1.807, 2.05) is 55.5 Å². The van der Waals surface area contributed by atoms with Gasteiger partial charge in [-0.05, 0) is 48.9 Å². The number of hydrogen-bond donors (Lipinski definition) is 1. The number of pyridine rings is 1. The van der Waals surface area contributed by atoms with Crippen LogP contribution in [0.15, 0.2) is 59.2 Å². The second-order valence-electron chi connectivity index (χ2n) is 4.83. The molecule has 4 heteroatoms. The molecule has 0 spiro atoms. The first-order valence-electron chi connectivity index (χ1n) is 6.56. The van der Waals surface area contributed by atoms with Crippen molar-refractivity contribution in [2.24, 2.45) is 0 Å². The van der Waals surface area contributed by atoms with Crippen LogP contribution in [0.2, 0.25) is 0 Å². The normalized spacial score (nSPS) is 10.6. The molecule has 0 fully saturated rings. The SMILES string of the molecule is Cc1ccc(C(=O)Nc2ccc3ncccc3c2)cc1Br. The molecule has 3 aromatic rings. The van der Waals surface area contributed by atoms with Gasteiger partial charge in [0.1, 0.15) is 0 Å². The van der Waals surface area contributed by atoms with E-state index in [9.17, 15) is 4.79 Å². The molecule has 0 aliphatic rings. The van der Waals surface area contributed by atoms with E-state index in [0.717, 1.165) is 26.6 Å². The lowest BCUT2D eigenvalue weighted by molar-refractivity contribution is 0.102. The number of nitrogens with zero attached hydrogens (tertiary/aromatic N) is 1. The first kappa shape index (κ1) is 13.8. The molecule has 0 radical (unpaired) electrons. The van der Waals surface area contributed by atoms with Crippen LogP contribution in [0.4, 0.5) is 5.69 Å². The predicted molar refractivity (Wildman–Crippen MR) is 88.6 cm³/mol. The Morgan fingerprint density at radius 3 is 2.81 bits per heavy atom. The van der Waals surface area contributed by atoms with Crippen molar-refractivity contribution in [3.63, 3.8) is 0 Å². The second-order valence-corrected chi connectivity index (χ2v) is 5.68. The number of amides is 1. The highest BCUT2D eigenvalue weighted by molar-refractivity contribution is 9.10. The molecule has 0 unspecified atom stereocenters. The molecule has 3 rings (SSSR count). The van der Waals surface area contributed by atoms with Crippen molar-refractivity contribution in [1.29, 1.82) is 0 Å². The number of nitrogens with one attached hydrogen (secondary N) is 1. The van der Waals surface area contributed by atoms with E-state index in [1.54, 1.807) is 6.20 Å². The van der Waals surface area contributed by atoms with Gasteiger partial charge in [0.05, 0.1) is 5.52 Å². The fourth-order valence-corrected chi connectivity index (χ4v) is 2.47. The van der Waals surface area contributed by atoms with Crippen LogP contribution in [0.25, 0.3) is 10.9 Å². The van der Waals surface area contributed by atoms with E-state index in [4.69, 9.17) is 0 Å². The zero-order valence-electron chi connectivity index (χ0n) is 11.4. The summed E-state index contributed by atoms with van der Waals surface area (Å²) in [6, 6.07) is 15.1. The van der Waals surface area contributed by atoms with Crippen molar-refractivity contribution in [3.05, 3.63) is 70.3 Å². The highest BCUT2D eigenvalue weighted by Gasteiger charge is 2.08. The van der Waals surface area contributed by atoms with Crippen LogP contribution in [-0.4, -0.2) is 10.9 Å². The molecule has 104 valence electrons. The number of aryl methyl sites for hydroxylation is 1. The van der Waals surface area contributed by atoms with Gasteiger partial charge in [0.15, 0.2) is 0 Å². The van der Waals surface area contributed by atoms with E-state index < -0.39 is 0 Å². The van der Waals surface area contributed by atoms with E-state index in [-0.39, 0.29) is 5.91 Å². The van der Waals surface area contributed by atoms with Gasteiger partial charge in [0.2, 0.25) is 0 Å². The Labute approximate surface area is 131 Å². The molecular weight excluding hydrogens is 328 g/mol. The monoisotopic (exact) mass is 340 g/mol. The van der Waals surface area contributed by atoms with Crippen LogP contribution < -0.4 is 5.32 Å². The van der Waals surface area contributed by atoms with Gasteiger partial charge in [-0.1, -0.05) is 28.1 Å². The fourth-order valence-electron chi connectivity index (χ4n) is 2.09. The number of benzene rings is 2. The maximum absolute atomic E-state index is 12.3. The molecule has 21 heavy (non-hydrogen) atoms. The third-order valence-electron chi connectivity index (χ3n) is 3.29. The van der Waals surface area contributed by atoms with E-state index in [2.05, 4.69) is 26.2 Å². The van der Waals surface area contributed by atoms with Crippen molar-refractivity contribution < 1.29 is 4.79 Å². The summed E-state index contributed by atoms with van der Waals surface area (Å²) in [4.78, 5) is 16.5. The summed E-state index contributed by atoms with van der Waals surface area (Å²) >= 11 is 3.44. The van der Waals surface area contributed by atoms with Crippen molar-refractivity contribution in [1.82, 2.24) is 4.98 Å². The number of hydrogen-bond acceptors (Lipinski definition) is 2. The molecule has 1 heterocycles. The largest absolute Gasteiger partial charge is 0.322 e. The van der Waals surface area contributed by atoms with Gasteiger partial charge < -0.3 is 5.32 Å². The number of fused-ring (bicyclic) bond motifs is 1. The Morgan fingerprint density at radius 2 is 2.00 bits per heavy atom. The first-order valence-corrected chi connectivity index (χ1v) is 7.35. The maximum Gasteiger partial charge on any atom is 0.255 e. The van der Waals surface area contributed by atoms with Crippen LogP contribution in [0, 0.1) is 6.92 Å². The smallest absolute Gasteiger partial charge is 0.255 e. The van der Waals surface area contributed by atoms with Gasteiger partial charge in [0, 0.05) is 27.3 Å². The molecule has 2 aromatic carbocycles. The Hall–Kier alpha value is -2.20. The highest BCUT2D eigenvalue weighted by atomic mass is 79.9. The fraction of sp³-hybridized carbons (Fsp3) is 0.0588. The van der Waals surface area contributed by atoms with Crippen LogP contribution in [-0.2, 0) is 0 Å². The number of rotatable bonds is 2. The first-order chi connectivity index (χ1) is 10.1. The van der Waals surface area contributed by atoms with Gasteiger partial charge in [-0.2, -0.15) is 0 Å². The average molecular weight is 341 g/mol. The zero-order chi connectivity index (χ0) is 14.8. The number of halogens is 1. The van der Waals surface area contributed by atoms with Gasteiger partial charge in [-0.15, -0.1) is 0 Å². The third kappa shape index (κ3) is 2.95. The number of carbonyl (C=O) groups excluding carboxylic acids is 1. The Kier molecular flexibility index (Phi) is 3.71. The third-order valence-corrected chi connectivity index (χ3v) is 4.15. The molecule has 0 bridgehead atoms. The van der Waals surface area contributed by atoms with Crippen LogP contribution in [0.1, 0.15) is 15.9 Å².